The van der Waals surface area contributed by atoms with E-state index in [1.807, 2.05) is 0 Å². The molecule has 0 bridgehead atoms. The summed E-state index contributed by atoms with van der Waals surface area (Å²) in [7, 11) is -1.92. The second-order valence-corrected chi connectivity index (χ2v) is 17.0. The zero-order valence-corrected chi connectivity index (χ0v) is 21.8. The summed E-state index contributed by atoms with van der Waals surface area (Å²) in [5.74, 6) is 0.245. The van der Waals surface area contributed by atoms with E-state index in [0.29, 0.717) is 54.6 Å². The van der Waals surface area contributed by atoms with Crippen molar-refractivity contribution >= 4 is 14.1 Å². The van der Waals surface area contributed by atoms with Gasteiger partial charge in [-0.3, -0.25) is 4.79 Å². The minimum Gasteiger partial charge on any atom is -0.416 e. The van der Waals surface area contributed by atoms with Gasteiger partial charge in [0.1, 0.15) is 5.78 Å². The Morgan fingerprint density at radius 2 is 1.57 bits per heavy atom. The maximum absolute atomic E-state index is 13.3. The summed E-state index contributed by atoms with van der Waals surface area (Å²) in [5.41, 5.74) is 1.26. The average Bonchev–Trinajstić information content (AvgIpc) is 3.13. The van der Waals surface area contributed by atoms with Gasteiger partial charge in [0, 0.05) is 30.3 Å². The second-order valence-electron chi connectivity index (χ2n) is 11.6. The van der Waals surface area contributed by atoms with Crippen LogP contribution >= 0.6 is 0 Å². The molecule has 3 atom stereocenters. The molecule has 0 unspecified atom stereocenters. The van der Waals surface area contributed by atoms with Crippen LogP contribution in [0.3, 0.4) is 0 Å². The van der Waals surface area contributed by atoms with Crippen molar-refractivity contribution in [3.63, 3.8) is 0 Å². The Hall–Kier alpha value is -0.233. The van der Waals surface area contributed by atoms with Crippen LogP contribution in [0.2, 0.25) is 16.6 Å². The molecule has 1 aliphatic heterocycles. The van der Waals surface area contributed by atoms with E-state index < -0.39 is 14.1 Å². The van der Waals surface area contributed by atoms with E-state index >= 15 is 0 Å². The molecule has 2 aliphatic carbocycles. The Morgan fingerprint density at radius 3 is 2.10 bits per heavy atom. The summed E-state index contributed by atoms with van der Waals surface area (Å²) in [6, 6.07) is 0. The summed E-state index contributed by atoms with van der Waals surface area (Å²) in [6.07, 6.45) is 5.48. The minimum atomic E-state index is -1.92. The van der Waals surface area contributed by atoms with Crippen molar-refractivity contribution < 1.29 is 18.7 Å². The fourth-order valence-corrected chi connectivity index (χ4v) is 13.3. The molecule has 3 rings (SSSR count). The number of ketones is 1. The summed E-state index contributed by atoms with van der Waals surface area (Å²) in [6.45, 7) is 20.6. The lowest BCUT2D eigenvalue weighted by atomic mass is 9.48. The van der Waals surface area contributed by atoms with Gasteiger partial charge < -0.3 is 13.9 Å². The number of carbonyl (C=O) groups excluding carboxylic acids is 1. The number of hydrogen-bond acceptors (Lipinski definition) is 4. The highest BCUT2D eigenvalue weighted by atomic mass is 28.4. The molecule has 0 aromatic rings. The molecule has 30 heavy (non-hydrogen) atoms. The quantitative estimate of drug-likeness (QED) is 0.426. The molecular formula is C25H46O4Si. The Bertz CT molecular complexity index is 603. The Balaban J connectivity index is 1.83. The van der Waals surface area contributed by atoms with Gasteiger partial charge in [0.05, 0.1) is 13.2 Å². The third-order valence-corrected chi connectivity index (χ3v) is 15.5. The summed E-state index contributed by atoms with van der Waals surface area (Å²) in [5, 5.41) is 0. The van der Waals surface area contributed by atoms with E-state index in [1.165, 1.54) is 0 Å². The molecule has 2 saturated carbocycles. The van der Waals surface area contributed by atoms with Gasteiger partial charge in [-0.15, -0.1) is 0 Å². The fraction of sp³-hybridized carbons (Fsp3) is 0.960. The predicted molar refractivity (Wildman–Crippen MR) is 124 cm³/mol. The van der Waals surface area contributed by atoms with Crippen LogP contribution in [0.25, 0.3) is 0 Å². The van der Waals surface area contributed by atoms with Gasteiger partial charge in [-0.25, -0.2) is 0 Å². The van der Waals surface area contributed by atoms with Gasteiger partial charge >= 0.3 is 0 Å². The molecule has 1 saturated heterocycles. The van der Waals surface area contributed by atoms with E-state index in [4.69, 9.17) is 13.9 Å². The maximum Gasteiger partial charge on any atom is 0.200 e. The molecular weight excluding hydrogens is 392 g/mol. The molecule has 0 aromatic carbocycles. The summed E-state index contributed by atoms with van der Waals surface area (Å²) in [4.78, 5) is 13.3. The van der Waals surface area contributed by atoms with Crippen molar-refractivity contribution in [2.24, 2.45) is 16.7 Å². The number of rotatable bonds is 7. The standard InChI is InChI=1S/C25H46O4Si/c1-18(2)30(19(3)4,20(5)6)29-15-14-23(7)21-10-9-12-25(27-16-17-28-25)24(21,8)13-11-22(23)26/h18-21H,9-17H2,1-8H3/t21-,23-,24-/m1/s1. The van der Waals surface area contributed by atoms with Crippen molar-refractivity contribution in [2.75, 3.05) is 19.8 Å². The first-order valence-electron chi connectivity index (χ1n) is 12.4. The number of ether oxygens (including phenoxy) is 2. The first kappa shape index (κ1) is 24.4. The van der Waals surface area contributed by atoms with Gasteiger partial charge in [0.25, 0.3) is 0 Å². The maximum atomic E-state index is 13.3. The Kier molecular flexibility index (Phi) is 7.00. The van der Waals surface area contributed by atoms with Crippen LogP contribution in [-0.4, -0.2) is 39.7 Å². The number of hydrogen-bond donors (Lipinski definition) is 0. The van der Waals surface area contributed by atoms with Crippen molar-refractivity contribution in [1.82, 2.24) is 0 Å². The van der Waals surface area contributed by atoms with Crippen molar-refractivity contribution in [2.45, 2.75) is 116 Å². The molecule has 5 heteroatoms. The third-order valence-electron chi connectivity index (χ3n) is 9.35. The van der Waals surface area contributed by atoms with Crippen molar-refractivity contribution in [3.05, 3.63) is 0 Å². The normalized spacial score (nSPS) is 34.4. The van der Waals surface area contributed by atoms with E-state index in [1.54, 1.807) is 0 Å². The SMILES string of the molecule is CC(C)[Si](OCC[C@@]1(C)C(=O)CC[C@]2(C)[C@@H]1CCCC21OCCO1)(C(C)C)C(C)C. The van der Waals surface area contributed by atoms with Crippen molar-refractivity contribution in [3.8, 4) is 0 Å². The zero-order chi connectivity index (χ0) is 22.4. The van der Waals surface area contributed by atoms with E-state index in [9.17, 15) is 4.79 Å². The topological polar surface area (TPSA) is 44.8 Å². The largest absolute Gasteiger partial charge is 0.416 e. The number of carbonyl (C=O) groups is 1. The summed E-state index contributed by atoms with van der Waals surface area (Å²) < 4.78 is 19.4. The Morgan fingerprint density at radius 1 is 1.00 bits per heavy atom. The smallest absolute Gasteiger partial charge is 0.200 e. The van der Waals surface area contributed by atoms with Crippen LogP contribution in [-0.2, 0) is 18.7 Å². The van der Waals surface area contributed by atoms with Crippen LogP contribution in [0, 0.1) is 16.7 Å². The van der Waals surface area contributed by atoms with Crippen LogP contribution in [0.5, 0.6) is 0 Å². The lowest BCUT2D eigenvalue weighted by Crippen LogP contribution is -2.62. The van der Waals surface area contributed by atoms with Crippen LogP contribution < -0.4 is 0 Å². The first-order valence-corrected chi connectivity index (χ1v) is 14.6. The van der Waals surface area contributed by atoms with E-state index in [2.05, 4.69) is 55.4 Å². The van der Waals surface area contributed by atoms with E-state index in [0.717, 1.165) is 32.1 Å². The molecule has 174 valence electrons. The lowest BCUT2D eigenvalue weighted by Gasteiger charge is -2.60. The molecule has 0 N–H and O–H groups in total. The van der Waals surface area contributed by atoms with Gasteiger partial charge in [-0.2, -0.15) is 0 Å². The molecule has 0 radical (unpaired) electrons. The van der Waals surface area contributed by atoms with Crippen LogP contribution in [0.1, 0.15) is 93.9 Å². The molecule has 1 heterocycles. The number of fused-ring (bicyclic) bond motifs is 2. The van der Waals surface area contributed by atoms with Crippen LogP contribution in [0.15, 0.2) is 0 Å². The molecule has 1 spiro atoms. The van der Waals surface area contributed by atoms with Crippen LogP contribution in [0.4, 0.5) is 0 Å². The monoisotopic (exact) mass is 438 g/mol. The van der Waals surface area contributed by atoms with Gasteiger partial charge in [0.2, 0.25) is 0 Å². The van der Waals surface area contributed by atoms with Gasteiger partial charge in [-0.1, -0.05) is 55.4 Å². The molecule has 3 fully saturated rings. The second kappa shape index (κ2) is 8.61. The highest BCUT2D eigenvalue weighted by molar-refractivity contribution is 6.77. The minimum absolute atomic E-state index is 0.0902. The highest BCUT2D eigenvalue weighted by Gasteiger charge is 2.65. The highest BCUT2D eigenvalue weighted by Crippen LogP contribution is 2.63. The molecule has 4 nitrogen and oxygen atoms in total. The number of Topliss-reactive ketones (excluding diaryl/α,β-unsaturated/α-hetero) is 1. The van der Waals surface area contributed by atoms with Gasteiger partial charge in [0.15, 0.2) is 14.1 Å². The van der Waals surface area contributed by atoms with E-state index in [-0.39, 0.29) is 10.8 Å². The van der Waals surface area contributed by atoms with Crippen molar-refractivity contribution in [1.29, 1.82) is 0 Å². The first-order chi connectivity index (χ1) is 14.0. The average molecular weight is 439 g/mol. The Labute approximate surface area is 185 Å². The molecule has 0 amide bonds. The van der Waals surface area contributed by atoms with Gasteiger partial charge in [-0.05, 0) is 48.2 Å². The molecule has 0 aromatic heterocycles. The fourth-order valence-electron chi connectivity index (χ4n) is 7.83. The zero-order valence-electron chi connectivity index (χ0n) is 20.8. The summed E-state index contributed by atoms with van der Waals surface area (Å²) >= 11 is 0. The lowest BCUT2D eigenvalue weighted by molar-refractivity contribution is -0.287. The predicted octanol–water partition coefficient (Wildman–Crippen LogP) is 6.49. The third kappa shape index (κ3) is 3.56. The molecule has 3 aliphatic rings.